The first-order valence-corrected chi connectivity index (χ1v) is 29.5. The number of alkyl halides is 3. The highest BCUT2D eigenvalue weighted by Gasteiger charge is 2.49. The minimum absolute atomic E-state index is 0. The largest absolute Gasteiger partial charge is 0.501 e. The molecule has 0 bridgehead atoms. The predicted octanol–water partition coefficient (Wildman–Crippen LogP) is 8.39. The monoisotopic (exact) mass is 1120 g/mol. The maximum absolute atomic E-state index is 14.3. The van der Waals surface area contributed by atoms with E-state index in [0.717, 1.165) is 126 Å². The van der Waals surface area contributed by atoms with Gasteiger partial charge in [0.2, 0.25) is 0 Å². The summed E-state index contributed by atoms with van der Waals surface area (Å²) < 4.78 is 104. The minimum atomic E-state index is -6.06. The first-order chi connectivity index (χ1) is 34.9. The zero-order chi connectivity index (χ0) is 51.4. The molecule has 402 valence electrons. The molecule has 4 aromatic rings. The smallest absolute Gasteiger partial charge is 0.381 e. The third kappa shape index (κ3) is 13.8. The number of rotatable bonds is 18. The van der Waals surface area contributed by atoms with Gasteiger partial charge in [-0.2, -0.15) is 13.2 Å². The highest BCUT2D eigenvalue weighted by molar-refractivity contribution is 7.99. The molecule has 1 amide bonds. The highest BCUT2D eigenvalue weighted by atomic mass is 35.5. The van der Waals surface area contributed by atoms with Crippen molar-refractivity contribution in [3.63, 3.8) is 0 Å². The van der Waals surface area contributed by atoms with Gasteiger partial charge in [0, 0.05) is 130 Å². The molecule has 13 nitrogen and oxygen atoms in total. The van der Waals surface area contributed by atoms with Crippen molar-refractivity contribution in [1.82, 2.24) is 24.7 Å². The molecular formula is C53H66Cl2F3N7O6S3. The second kappa shape index (κ2) is 24.2. The number of fused-ring (bicyclic) bond motifs is 1. The lowest BCUT2D eigenvalue weighted by atomic mass is 9.71. The van der Waals surface area contributed by atoms with E-state index in [1.54, 1.807) is 12.1 Å². The number of benzene rings is 4. The van der Waals surface area contributed by atoms with Crippen LogP contribution >= 0.6 is 35.8 Å². The fraction of sp³-hybridized carbons (Fsp3) is 0.491. The number of anilines is 2. The number of halogens is 5. The standard InChI is InChI=1S/C53H65ClF3N7O6S3.ClH/c1-52(37-62-23-20-58-21-24-62)19-17-48(38-7-11-43(54)12-8-38)40(30-52)31-61-25-27-64(28-26-61)45-13-9-39(10-14-45)51(65)60-73(68,69)47-15-16-49(50(29-47)72(66,67)53(55,56)57)59-44(36-71-46-5-3-2-4-6-46)18-22-63-32-41-34-70-35-42(41)33-63;/h2-16,29,41-42,44,58-59H,17-28,30-37H2,1H3,(H,60,65);1H/t41-,42+,44?,52?;. The molecule has 21 heteroatoms. The van der Waals surface area contributed by atoms with E-state index < -0.39 is 47.1 Å². The molecule has 4 fully saturated rings. The zero-order valence-electron chi connectivity index (χ0n) is 41.5. The maximum atomic E-state index is 14.3. The van der Waals surface area contributed by atoms with Crippen LogP contribution in [0.3, 0.4) is 0 Å². The van der Waals surface area contributed by atoms with Gasteiger partial charge in [-0.3, -0.25) is 9.69 Å². The quantitative estimate of drug-likeness (QED) is 0.0822. The molecule has 5 aliphatic rings. The van der Waals surface area contributed by atoms with Crippen LogP contribution in [0.25, 0.3) is 5.57 Å². The van der Waals surface area contributed by atoms with Crippen molar-refractivity contribution in [2.75, 3.05) is 114 Å². The van der Waals surface area contributed by atoms with Crippen molar-refractivity contribution in [2.45, 2.75) is 58.8 Å². The van der Waals surface area contributed by atoms with Gasteiger partial charge < -0.3 is 30.1 Å². The lowest BCUT2D eigenvalue weighted by Gasteiger charge is -2.43. The molecule has 3 N–H and O–H groups in total. The van der Waals surface area contributed by atoms with Crippen molar-refractivity contribution in [2.24, 2.45) is 17.3 Å². The van der Waals surface area contributed by atoms with Gasteiger partial charge in [0.25, 0.3) is 25.8 Å². The van der Waals surface area contributed by atoms with Crippen LogP contribution in [0.4, 0.5) is 24.5 Å². The summed E-state index contributed by atoms with van der Waals surface area (Å²) in [5.41, 5.74) is -0.993. The van der Waals surface area contributed by atoms with Crippen molar-refractivity contribution >= 4 is 78.5 Å². The summed E-state index contributed by atoms with van der Waals surface area (Å²) in [6.45, 7) is 15.3. The SMILES string of the molecule is CC1(CN2CCNCC2)CCC(c2ccc(Cl)cc2)=C(CN2CCN(c3ccc(C(=O)NS(=O)(=O)c4ccc(NC(CCN5C[C@H]6COC[C@H]6C5)CSc5ccccc5)c(S(=O)(=O)C(F)(F)F)c4)cc3)CC2)C1.Cl. The first kappa shape index (κ1) is 56.3. The fourth-order valence-corrected chi connectivity index (χ4v) is 14.2. The van der Waals surface area contributed by atoms with Crippen molar-refractivity contribution in [3.05, 3.63) is 119 Å². The molecular weight excluding hydrogens is 1050 g/mol. The van der Waals surface area contributed by atoms with Crippen molar-refractivity contribution in [3.8, 4) is 0 Å². The number of piperazine rings is 2. The molecule has 0 aromatic heterocycles. The van der Waals surface area contributed by atoms with Crippen LogP contribution in [0.15, 0.2) is 117 Å². The van der Waals surface area contributed by atoms with Gasteiger partial charge >= 0.3 is 5.51 Å². The molecule has 74 heavy (non-hydrogen) atoms. The number of hydrogen-bond acceptors (Lipinski definition) is 13. The molecule has 0 spiro atoms. The molecule has 9 rings (SSSR count). The van der Waals surface area contributed by atoms with E-state index in [4.69, 9.17) is 16.3 Å². The van der Waals surface area contributed by atoms with E-state index in [1.165, 1.54) is 40.6 Å². The van der Waals surface area contributed by atoms with Gasteiger partial charge in [-0.15, -0.1) is 24.2 Å². The summed E-state index contributed by atoms with van der Waals surface area (Å²) in [5, 5.41) is 7.23. The van der Waals surface area contributed by atoms with Gasteiger partial charge in [0.15, 0.2) is 0 Å². The first-order valence-electron chi connectivity index (χ1n) is 25.2. The molecule has 0 saturated carbocycles. The lowest BCUT2D eigenvalue weighted by Crippen LogP contribution is -2.49. The third-order valence-corrected chi connectivity index (χ3v) is 19.4. The topological polar surface area (TPSA) is 144 Å². The van der Waals surface area contributed by atoms with Gasteiger partial charge in [0.1, 0.15) is 4.90 Å². The maximum Gasteiger partial charge on any atom is 0.501 e. The summed E-state index contributed by atoms with van der Waals surface area (Å²) in [7, 11) is -10.9. The summed E-state index contributed by atoms with van der Waals surface area (Å²) in [4.78, 5) is 22.0. The van der Waals surface area contributed by atoms with E-state index in [-0.39, 0.29) is 29.1 Å². The number of hydrogen-bond donors (Lipinski definition) is 3. The Morgan fingerprint density at radius 3 is 2.20 bits per heavy atom. The van der Waals surface area contributed by atoms with Gasteiger partial charge in [0.05, 0.1) is 23.8 Å². The second-order valence-electron chi connectivity index (χ2n) is 20.5. The number of sulfone groups is 1. The van der Waals surface area contributed by atoms with Gasteiger partial charge in [-0.25, -0.2) is 21.6 Å². The van der Waals surface area contributed by atoms with E-state index >= 15 is 0 Å². The van der Waals surface area contributed by atoms with Gasteiger partial charge in [-0.1, -0.05) is 54.4 Å². The fourth-order valence-electron chi connectivity index (χ4n) is 11.1. The van der Waals surface area contributed by atoms with Crippen molar-refractivity contribution in [1.29, 1.82) is 0 Å². The summed E-state index contributed by atoms with van der Waals surface area (Å²) in [6.07, 6.45) is 3.63. The van der Waals surface area contributed by atoms with Crippen LogP contribution < -0.4 is 20.3 Å². The molecule has 4 heterocycles. The lowest BCUT2D eigenvalue weighted by molar-refractivity contribution is -0.0435. The molecule has 4 aromatic carbocycles. The van der Waals surface area contributed by atoms with E-state index in [1.807, 2.05) is 47.2 Å². The van der Waals surface area contributed by atoms with Crippen LogP contribution in [0.5, 0.6) is 0 Å². The Hall–Kier alpha value is -3.89. The Morgan fingerprint density at radius 2 is 1.54 bits per heavy atom. The average molecular weight is 1120 g/mol. The number of thioether (sulfide) groups is 1. The number of sulfonamides is 1. The second-order valence-corrected chi connectivity index (χ2v) is 25.6. The van der Waals surface area contributed by atoms with Crippen LogP contribution in [0.2, 0.25) is 5.02 Å². The normalized spacial score (nSPS) is 22.8. The highest BCUT2D eigenvalue weighted by Crippen LogP contribution is 2.44. The van der Waals surface area contributed by atoms with Crippen molar-refractivity contribution < 1.29 is 39.5 Å². The molecule has 4 aliphatic heterocycles. The predicted molar refractivity (Wildman–Crippen MR) is 290 cm³/mol. The number of nitrogens with zero attached hydrogens (tertiary/aromatic N) is 4. The third-order valence-electron chi connectivity index (χ3n) is 15.1. The Labute approximate surface area is 449 Å². The number of allylic oxidation sites excluding steroid dienone is 1. The summed E-state index contributed by atoms with van der Waals surface area (Å²) >= 11 is 7.76. The van der Waals surface area contributed by atoms with E-state index in [9.17, 15) is 34.8 Å². The summed E-state index contributed by atoms with van der Waals surface area (Å²) in [6, 6.07) is 26.1. The number of carbonyl (C=O) groups excluding carboxylic acids is 1. The summed E-state index contributed by atoms with van der Waals surface area (Å²) in [5.74, 6) is 0.210. The number of likely N-dealkylation sites (tertiary alicyclic amines) is 1. The van der Waals surface area contributed by atoms with E-state index in [0.29, 0.717) is 49.8 Å². The Morgan fingerprint density at radius 1 is 0.865 bits per heavy atom. The number of carbonyl (C=O) groups is 1. The number of amides is 1. The Balaban J connectivity index is 0.00000729. The van der Waals surface area contributed by atoms with Crippen LogP contribution in [0.1, 0.15) is 48.5 Å². The number of nitrogens with one attached hydrogen (secondary N) is 3. The Kier molecular flexibility index (Phi) is 18.4. The average Bonchev–Trinajstić information content (AvgIpc) is 3.99. The molecule has 4 atom stereocenters. The van der Waals surface area contributed by atoms with Crippen LogP contribution in [-0.2, 0) is 24.6 Å². The van der Waals surface area contributed by atoms with Gasteiger partial charge in [-0.05, 0) is 109 Å². The molecule has 2 unspecified atom stereocenters. The van der Waals surface area contributed by atoms with Crippen LogP contribution in [-0.4, -0.2) is 153 Å². The zero-order valence-corrected chi connectivity index (χ0v) is 45.5. The van der Waals surface area contributed by atoms with E-state index in [2.05, 4.69) is 49.3 Å². The minimum Gasteiger partial charge on any atom is -0.381 e. The molecule has 0 radical (unpaired) electrons. The number of ether oxygens (including phenoxy) is 1. The molecule has 1 aliphatic carbocycles. The van der Waals surface area contributed by atoms with Crippen LogP contribution in [0, 0.1) is 17.3 Å². The Bertz CT molecular complexity index is 2810. The molecule has 4 saturated heterocycles.